The second-order valence-electron chi connectivity index (χ2n) is 4.62. The first kappa shape index (κ1) is 17.2. The Bertz CT molecular complexity index is 540. The molecule has 0 aliphatic rings. The Kier molecular flexibility index (Phi) is 5.95. The van der Waals surface area contributed by atoms with Crippen molar-refractivity contribution in [3.8, 4) is 0 Å². The van der Waals surface area contributed by atoms with Crippen LogP contribution >= 0.6 is 0 Å². The normalized spacial score (nSPS) is 11.5. The molecule has 1 heterocycles. The van der Waals surface area contributed by atoms with Crippen LogP contribution in [0.1, 0.15) is 35.3 Å². The molecule has 2 N–H and O–H groups in total. The number of aliphatic hydroxyl groups is 1. The molecule has 8 heteroatoms. The van der Waals surface area contributed by atoms with Gasteiger partial charge in [0.25, 0.3) is 11.5 Å². The van der Waals surface area contributed by atoms with Crippen molar-refractivity contribution in [3.63, 3.8) is 0 Å². The van der Waals surface area contributed by atoms with Crippen LogP contribution in [0.15, 0.2) is 16.9 Å². The molecular formula is C13H17F3N2O3. The van der Waals surface area contributed by atoms with Gasteiger partial charge in [-0.1, -0.05) is 0 Å². The van der Waals surface area contributed by atoms with Crippen LogP contribution in [0.3, 0.4) is 0 Å². The summed E-state index contributed by atoms with van der Waals surface area (Å²) in [5.74, 6) is -0.631. The van der Waals surface area contributed by atoms with Crippen LogP contribution < -0.4 is 5.56 Å². The highest BCUT2D eigenvalue weighted by atomic mass is 19.4. The quantitative estimate of drug-likeness (QED) is 0.785. The van der Waals surface area contributed by atoms with Gasteiger partial charge in [0.1, 0.15) is 11.3 Å². The molecule has 0 aliphatic carbocycles. The lowest BCUT2D eigenvalue weighted by Crippen LogP contribution is -2.33. The molecule has 5 nitrogen and oxygen atoms in total. The summed E-state index contributed by atoms with van der Waals surface area (Å²) in [6.45, 7) is 0.426. The molecule has 118 valence electrons. The Labute approximate surface area is 119 Å². The number of unbranched alkanes of at least 4 members (excludes halogenated alkanes) is 2. The maximum Gasteiger partial charge on any atom is 0.431 e. The fourth-order valence-electron chi connectivity index (χ4n) is 1.75. The summed E-state index contributed by atoms with van der Waals surface area (Å²) >= 11 is 0. The molecule has 0 aromatic carbocycles. The number of amides is 1. The smallest absolute Gasteiger partial charge is 0.396 e. The highest BCUT2D eigenvalue weighted by Crippen LogP contribution is 2.26. The number of aliphatic hydroxyl groups excluding tert-OH is 1. The molecule has 0 fully saturated rings. The van der Waals surface area contributed by atoms with Gasteiger partial charge in [0.05, 0.1) is 0 Å². The number of hydrogen-bond donors (Lipinski definition) is 2. The van der Waals surface area contributed by atoms with Crippen molar-refractivity contribution in [1.29, 1.82) is 0 Å². The van der Waals surface area contributed by atoms with Crippen LogP contribution in [0.2, 0.25) is 0 Å². The number of aromatic amines is 1. The molecular weight excluding hydrogens is 289 g/mol. The summed E-state index contributed by atoms with van der Waals surface area (Å²) in [5, 5.41) is 8.63. The van der Waals surface area contributed by atoms with Gasteiger partial charge in [-0.2, -0.15) is 13.2 Å². The van der Waals surface area contributed by atoms with Crippen molar-refractivity contribution >= 4 is 5.91 Å². The zero-order chi connectivity index (χ0) is 16.0. The van der Waals surface area contributed by atoms with Crippen LogP contribution in [0.5, 0.6) is 0 Å². The molecule has 0 unspecified atom stereocenters. The third-order valence-corrected chi connectivity index (χ3v) is 2.94. The summed E-state index contributed by atoms with van der Waals surface area (Å²) in [6.07, 6.45) is -2.68. The predicted molar refractivity (Wildman–Crippen MR) is 70.0 cm³/mol. The Morgan fingerprint density at radius 3 is 2.48 bits per heavy atom. The van der Waals surface area contributed by atoms with Crippen LogP contribution in [0.4, 0.5) is 13.2 Å². The summed E-state index contributed by atoms with van der Waals surface area (Å²) in [6, 6.07) is 1.56. The van der Waals surface area contributed by atoms with Crippen LogP contribution in [0.25, 0.3) is 0 Å². The van der Waals surface area contributed by atoms with E-state index in [9.17, 15) is 22.8 Å². The Balaban J connectivity index is 2.77. The monoisotopic (exact) mass is 306 g/mol. The Morgan fingerprint density at radius 2 is 1.95 bits per heavy atom. The largest absolute Gasteiger partial charge is 0.431 e. The lowest BCUT2D eigenvalue weighted by molar-refractivity contribution is -0.141. The molecule has 0 atom stereocenters. The molecule has 1 aromatic heterocycles. The number of carbonyl (C=O) groups is 1. The maximum absolute atomic E-state index is 12.4. The van der Waals surface area contributed by atoms with Gasteiger partial charge in [-0.25, -0.2) is 0 Å². The fourth-order valence-corrected chi connectivity index (χ4v) is 1.75. The molecule has 0 spiro atoms. The van der Waals surface area contributed by atoms with Gasteiger partial charge in [-0.3, -0.25) is 9.59 Å². The van der Waals surface area contributed by atoms with Crippen LogP contribution in [-0.2, 0) is 6.18 Å². The first-order valence-corrected chi connectivity index (χ1v) is 6.44. The summed E-state index contributed by atoms with van der Waals surface area (Å²) in [5.41, 5.74) is -2.57. The number of alkyl halides is 3. The standard InChI is InChI=1S/C13H17F3N2O3/c1-18(7-3-2-4-8-19)12(21)9-5-6-10(13(14,15)16)17-11(9)20/h5-6,19H,2-4,7-8H2,1H3,(H,17,20). The summed E-state index contributed by atoms with van der Waals surface area (Å²) in [4.78, 5) is 26.5. The van der Waals surface area contributed by atoms with E-state index in [1.54, 1.807) is 4.98 Å². The lowest BCUT2D eigenvalue weighted by atomic mass is 10.2. The zero-order valence-electron chi connectivity index (χ0n) is 11.5. The highest BCUT2D eigenvalue weighted by Gasteiger charge is 2.32. The van der Waals surface area contributed by atoms with Gasteiger partial charge >= 0.3 is 6.18 Å². The minimum atomic E-state index is -4.66. The molecule has 0 radical (unpaired) electrons. The minimum absolute atomic E-state index is 0.0657. The van der Waals surface area contributed by atoms with Crippen molar-refractivity contribution in [2.75, 3.05) is 20.2 Å². The number of nitrogens with one attached hydrogen (secondary N) is 1. The molecule has 0 aliphatic heterocycles. The van der Waals surface area contributed by atoms with Crippen molar-refractivity contribution in [2.45, 2.75) is 25.4 Å². The van der Waals surface area contributed by atoms with Crippen molar-refractivity contribution in [1.82, 2.24) is 9.88 Å². The van der Waals surface area contributed by atoms with Gasteiger partial charge in [0.2, 0.25) is 0 Å². The minimum Gasteiger partial charge on any atom is -0.396 e. The van der Waals surface area contributed by atoms with E-state index in [2.05, 4.69) is 0 Å². The first-order chi connectivity index (χ1) is 9.77. The van der Waals surface area contributed by atoms with E-state index < -0.39 is 23.3 Å². The van der Waals surface area contributed by atoms with Crippen molar-refractivity contribution in [3.05, 3.63) is 33.7 Å². The summed E-state index contributed by atoms with van der Waals surface area (Å²) < 4.78 is 37.2. The van der Waals surface area contributed by atoms with Gasteiger partial charge in [0, 0.05) is 20.2 Å². The van der Waals surface area contributed by atoms with E-state index in [1.807, 2.05) is 0 Å². The number of carbonyl (C=O) groups excluding carboxylic acids is 1. The van der Waals surface area contributed by atoms with E-state index in [0.717, 1.165) is 12.5 Å². The van der Waals surface area contributed by atoms with Gasteiger partial charge in [-0.15, -0.1) is 0 Å². The Morgan fingerprint density at radius 1 is 1.29 bits per heavy atom. The third kappa shape index (κ3) is 4.89. The van der Waals surface area contributed by atoms with Crippen LogP contribution in [0, 0.1) is 0 Å². The highest BCUT2D eigenvalue weighted by molar-refractivity contribution is 5.93. The topological polar surface area (TPSA) is 73.4 Å². The van der Waals surface area contributed by atoms with E-state index in [0.29, 0.717) is 25.5 Å². The molecule has 21 heavy (non-hydrogen) atoms. The number of nitrogens with zero attached hydrogens (tertiary/aromatic N) is 1. The van der Waals surface area contributed by atoms with Crippen LogP contribution in [-0.4, -0.2) is 41.1 Å². The van der Waals surface area contributed by atoms with Gasteiger partial charge in [0.15, 0.2) is 0 Å². The van der Waals surface area contributed by atoms with E-state index in [1.165, 1.54) is 11.9 Å². The molecule has 1 amide bonds. The summed E-state index contributed by atoms with van der Waals surface area (Å²) in [7, 11) is 1.47. The average Bonchev–Trinajstić information content (AvgIpc) is 2.41. The lowest BCUT2D eigenvalue weighted by Gasteiger charge is -2.17. The Hall–Kier alpha value is -1.83. The average molecular weight is 306 g/mol. The first-order valence-electron chi connectivity index (χ1n) is 6.44. The van der Waals surface area contributed by atoms with E-state index in [-0.39, 0.29) is 12.2 Å². The number of aromatic nitrogens is 1. The third-order valence-electron chi connectivity index (χ3n) is 2.94. The molecule has 0 bridgehead atoms. The van der Waals surface area contributed by atoms with Gasteiger partial charge < -0.3 is 15.0 Å². The van der Waals surface area contributed by atoms with Crippen molar-refractivity contribution in [2.24, 2.45) is 0 Å². The molecule has 1 aromatic rings. The number of H-pyrrole nitrogens is 1. The SMILES string of the molecule is CN(CCCCCO)C(=O)c1ccc(C(F)(F)F)[nH]c1=O. The molecule has 1 rings (SSSR count). The van der Waals surface area contributed by atoms with E-state index >= 15 is 0 Å². The number of hydrogen-bond acceptors (Lipinski definition) is 3. The second-order valence-corrected chi connectivity index (χ2v) is 4.62. The number of pyridine rings is 1. The molecule has 0 saturated heterocycles. The molecule has 0 saturated carbocycles. The second kappa shape index (κ2) is 7.26. The van der Waals surface area contributed by atoms with E-state index in [4.69, 9.17) is 5.11 Å². The van der Waals surface area contributed by atoms with Crippen molar-refractivity contribution < 1.29 is 23.1 Å². The maximum atomic E-state index is 12.4. The van der Waals surface area contributed by atoms with Gasteiger partial charge in [-0.05, 0) is 31.4 Å². The number of halogens is 3. The zero-order valence-corrected chi connectivity index (χ0v) is 11.5. The fraction of sp³-hybridized carbons (Fsp3) is 0.538. The number of rotatable bonds is 6. The predicted octanol–water partition coefficient (Wildman–Crippen LogP) is 1.63.